The molecular weight excluding hydrogens is 288 g/mol. The zero-order chi connectivity index (χ0) is 15.9. The molecule has 23 heavy (non-hydrogen) atoms. The van der Waals surface area contributed by atoms with Crippen LogP contribution in [0.2, 0.25) is 0 Å². The molecule has 0 radical (unpaired) electrons. The maximum atomic E-state index is 12.0. The van der Waals surface area contributed by atoms with Crippen LogP contribution in [0.15, 0.2) is 24.3 Å². The van der Waals surface area contributed by atoms with Gasteiger partial charge in [0.15, 0.2) is 0 Å². The lowest BCUT2D eigenvalue weighted by molar-refractivity contribution is -0.145. The Morgan fingerprint density at radius 2 is 1.61 bits per heavy atom. The van der Waals surface area contributed by atoms with Gasteiger partial charge in [-0.1, -0.05) is 12.1 Å². The third-order valence-corrected chi connectivity index (χ3v) is 6.35. The van der Waals surface area contributed by atoms with Crippen molar-refractivity contribution < 1.29 is 14.6 Å². The second-order valence-corrected chi connectivity index (χ2v) is 8.23. The highest BCUT2D eigenvalue weighted by Crippen LogP contribution is 2.61. The zero-order valence-corrected chi connectivity index (χ0v) is 13.7. The minimum absolute atomic E-state index is 0.152. The molecule has 3 nitrogen and oxygen atoms in total. The van der Waals surface area contributed by atoms with Crippen molar-refractivity contribution in [1.29, 1.82) is 0 Å². The third kappa shape index (κ3) is 3.24. The van der Waals surface area contributed by atoms with E-state index in [1.807, 2.05) is 0 Å². The molecule has 4 aliphatic rings. The molecule has 0 aliphatic heterocycles. The lowest BCUT2D eigenvalue weighted by atomic mass is 9.49. The van der Waals surface area contributed by atoms with Gasteiger partial charge in [0.2, 0.25) is 0 Å². The van der Waals surface area contributed by atoms with Gasteiger partial charge in [0.05, 0.1) is 13.0 Å². The predicted octanol–water partition coefficient (Wildman–Crippen LogP) is 4.08. The van der Waals surface area contributed by atoms with Crippen molar-refractivity contribution in [3.05, 3.63) is 29.8 Å². The number of rotatable bonds is 5. The third-order valence-electron chi connectivity index (χ3n) is 6.35. The van der Waals surface area contributed by atoms with Gasteiger partial charge in [-0.2, -0.15) is 0 Å². The number of carbonyl (C=O) groups is 1. The van der Waals surface area contributed by atoms with Gasteiger partial charge in [0, 0.05) is 0 Å². The van der Waals surface area contributed by atoms with Crippen LogP contribution in [-0.2, 0) is 16.0 Å². The number of hydrogen-bond acceptors (Lipinski definition) is 3. The van der Waals surface area contributed by atoms with Crippen LogP contribution < -0.4 is 0 Å². The van der Waals surface area contributed by atoms with E-state index in [1.54, 1.807) is 24.3 Å². The molecule has 0 unspecified atom stereocenters. The first-order chi connectivity index (χ1) is 11.1. The van der Waals surface area contributed by atoms with Gasteiger partial charge in [0.1, 0.15) is 5.75 Å². The molecular formula is C20H26O3. The van der Waals surface area contributed by atoms with Crippen LogP contribution in [0.5, 0.6) is 5.75 Å². The largest absolute Gasteiger partial charge is 0.508 e. The Labute approximate surface area is 138 Å². The number of phenolic OH excluding ortho intramolecular Hbond substituents is 1. The molecule has 0 heterocycles. The number of hydrogen-bond donors (Lipinski definition) is 1. The fourth-order valence-corrected chi connectivity index (χ4v) is 5.81. The molecule has 4 saturated carbocycles. The van der Waals surface area contributed by atoms with Crippen molar-refractivity contribution in [2.75, 3.05) is 6.61 Å². The molecule has 0 aromatic heterocycles. The van der Waals surface area contributed by atoms with Gasteiger partial charge in [-0.3, -0.25) is 4.79 Å². The number of carbonyl (C=O) groups excluding carboxylic acids is 1. The fourth-order valence-electron chi connectivity index (χ4n) is 5.81. The second kappa shape index (κ2) is 5.85. The Morgan fingerprint density at radius 1 is 1.04 bits per heavy atom. The van der Waals surface area contributed by atoms with Gasteiger partial charge in [-0.15, -0.1) is 0 Å². The number of phenols is 1. The van der Waals surface area contributed by atoms with E-state index < -0.39 is 0 Å². The maximum Gasteiger partial charge on any atom is 0.310 e. The van der Waals surface area contributed by atoms with E-state index in [4.69, 9.17) is 4.74 Å². The van der Waals surface area contributed by atoms with E-state index >= 15 is 0 Å². The summed E-state index contributed by atoms with van der Waals surface area (Å²) >= 11 is 0. The smallest absolute Gasteiger partial charge is 0.310 e. The Kier molecular flexibility index (Phi) is 3.82. The van der Waals surface area contributed by atoms with Crippen LogP contribution in [-0.4, -0.2) is 17.7 Å². The Morgan fingerprint density at radius 3 is 2.17 bits per heavy atom. The summed E-state index contributed by atoms with van der Waals surface area (Å²) in [6.07, 6.45) is 9.83. The summed E-state index contributed by atoms with van der Waals surface area (Å²) in [5.41, 5.74) is 1.37. The second-order valence-electron chi connectivity index (χ2n) is 8.23. The van der Waals surface area contributed by atoms with Crippen molar-refractivity contribution in [2.24, 2.45) is 23.2 Å². The summed E-state index contributed by atoms with van der Waals surface area (Å²) in [7, 11) is 0. The van der Waals surface area contributed by atoms with Crippen molar-refractivity contribution in [2.45, 2.75) is 51.4 Å². The molecule has 1 N–H and O–H groups in total. The number of benzene rings is 1. The van der Waals surface area contributed by atoms with Gasteiger partial charge in [0.25, 0.3) is 0 Å². The number of ether oxygens (including phenoxy) is 1. The first kappa shape index (κ1) is 15.0. The quantitative estimate of drug-likeness (QED) is 0.833. The standard InChI is InChI=1S/C20H26O3/c21-18-3-1-14(2-4-18)10-19(22)23-6-5-20-11-15-7-16(12-20)9-17(8-15)13-20/h1-4,15-17,21H,5-13H2. The molecule has 0 atom stereocenters. The summed E-state index contributed by atoms with van der Waals surface area (Å²) in [5, 5.41) is 9.27. The average Bonchev–Trinajstić information content (AvgIpc) is 2.48. The number of esters is 1. The van der Waals surface area contributed by atoms with Crippen molar-refractivity contribution in [1.82, 2.24) is 0 Å². The van der Waals surface area contributed by atoms with E-state index in [1.165, 1.54) is 38.5 Å². The normalized spacial score (nSPS) is 34.5. The topological polar surface area (TPSA) is 46.5 Å². The van der Waals surface area contributed by atoms with Crippen molar-refractivity contribution >= 4 is 5.97 Å². The molecule has 3 heteroatoms. The lowest BCUT2D eigenvalue weighted by Gasteiger charge is -2.57. The summed E-state index contributed by atoms with van der Waals surface area (Å²) in [4.78, 5) is 12.0. The summed E-state index contributed by atoms with van der Waals surface area (Å²) in [5.74, 6) is 2.93. The molecule has 5 rings (SSSR count). The fraction of sp³-hybridized carbons (Fsp3) is 0.650. The molecule has 1 aromatic carbocycles. The first-order valence-electron chi connectivity index (χ1n) is 9.04. The van der Waals surface area contributed by atoms with Crippen LogP contribution in [0, 0.1) is 23.2 Å². The monoisotopic (exact) mass is 314 g/mol. The molecule has 4 aliphatic carbocycles. The van der Waals surface area contributed by atoms with Crippen LogP contribution in [0.3, 0.4) is 0 Å². The van der Waals surface area contributed by atoms with Crippen LogP contribution in [0.1, 0.15) is 50.5 Å². The lowest BCUT2D eigenvalue weighted by Crippen LogP contribution is -2.46. The van der Waals surface area contributed by atoms with E-state index in [0.717, 1.165) is 29.7 Å². The number of aromatic hydroxyl groups is 1. The predicted molar refractivity (Wildman–Crippen MR) is 88.0 cm³/mol. The average molecular weight is 314 g/mol. The molecule has 4 bridgehead atoms. The molecule has 124 valence electrons. The summed E-state index contributed by atoms with van der Waals surface area (Å²) in [6.45, 7) is 0.572. The van der Waals surface area contributed by atoms with Crippen molar-refractivity contribution in [3.8, 4) is 5.75 Å². The molecule has 0 spiro atoms. The van der Waals surface area contributed by atoms with E-state index in [2.05, 4.69) is 0 Å². The van der Waals surface area contributed by atoms with Crippen LogP contribution in [0.25, 0.3) is 0 Å². The highest BCUT2D eigenvalue weighted by Gasteiger charge is 2.50. The van der Waals surface area contributed by atoms with E-state index in [9.17, 15) is 9.90 Å². The zero-order valence-electron chi connectivity index (χ0n) is 13.7. The molecule has 0 amide bonds. The molecule has 4 fully saturated rings. The summed E-state index contributed by atoms with van der Waals surface area (Å²) < 4.78 is 5.51. The van der Waals surface area contributed by atoms with Crippen LogP contribution >= 0.6 is 0 Å². The van der Waals surface area contributed by atoms with Gasteiger partial charge >= 0.3 is 5.97 Å². The Hall–Kier alpha value is -1.51. The van der Waals surface area contributed by atoms with E-state index in [0.29, 0.717) is 18.4 Å². The van der Waals surface area contributed by atoms with E-state index in [-0.39, 0.29) is 11.7 Å². The van der Waals surface area contributed by atoms with Crippen LogP contribution in [0.4, 0.5) is 0 Å². The highest BCUT2D eigenvalue weighted by molar-refractivity contribution is 5.72. The molecule has 1 aromatic rings. The van der Waals surface area contributed by atoms with Gasteiger partial charge in [-0.25, -0.2) is 0 Å². The molecule has 0 saturated heterocycles. The minimum atomic E-state index is -0.152. The SMILES string of the molecule is O=C(Cc1ccc(O)cc1)OCCC12CC3CC(CC(C3)C1)C2. The van der Waals surface area contributed by atoms with Gasteiger partial charge in [-0.05, 0) is 85.8 Å². The Balaban J connectivity index is 1.27. The van der Waals surface area contributed by atoms with Gasteiger partial charge < -0.3 is 9.84 Å². The maximum absolute atomic E-state index is 12.0. The first-order valence-corrected chi connectivity index (χ1v) is 9.04. The highest BCUT2D eigenvalue weighted by atomic mass is 16.5. The minimum Gasteiger partial charge on any atom is -0.508 e. The summed E-state index contributed by atoms with van der Waals surface area (Å²) in [6, 6.07) is 6.77. The van der Waals surface area contributed by atoms with Crippen molar-refractivity contribution in [3.63, 3.8) is 0 Å². The Bertz CT molecular complexity index is 540.